The van der Waals surface area contributed by atoms with E-state index in [-0.39, 0.29) is 11.5 Å². The third-order valence-electron chi connectivity index (χ3n) is 2.42. The summed E-state index contributed by atoms with van der Waals surface area (Å²) in [6.07, 6.45) is 0.692. The van der Waals surface area contributed by atoms with Gasteiger partial charge in [0.1, 0.15) is 23.5 Å². The lowest BCUT2D eigenvalue weighted by atomic mass is 10.2. The van der Waals surface area contributed by atoms with Crippen molar-refractivity contribution in [3.63, 3.8) is 0 Å². The topological polar surface area (TPSA) is 63.6 Å². The molecule has 0 atom stereocenters. The van der Waals surface area contributed by atoms with Gasteiger partial charge < -0.3 is 9.84 Å². The summed E-state index contributed by atoms with van der Waals surface area (Å²) >= 11 is 7.10. The normalized spacial score (nSPS) is 10.2. The van der Waals surface area contributed by atoms with Crippen molar-refractivity contribution in [2.75, 3.05) is 0 Å². The van der Waals surface area contributed by atoms with E-state index in [1.54, 1.807) is 23.6 Å². The highest BCUT2D eigenvalue weighted by atomic mass is 35.5. The summed E-state index contributed by atoms with van der Waals surface area (Å²) in [5, 5.41) is 11.0. The Balaban J connectivity index is 2.12. The van der Waals surface area contributed by atoms with Gasteiger partial charge in [-0.25, -0.2) is 4.79 Å². The maximum Gasteiger partial charge on any atom is 0.346 e. The van der Waals surface area contributed by atoms with Crippen LogP contribution in [0.25, 0.3) is 0 Å². The van der Waals surface area contributed by atoms with Crippen LogP contribution >= 0.6 is 22.9 Å². The molecule has 0 bridgehead atoms. The molecule has 0 fully saturated rings. The Hall–Kier alpha value is -1.85. The number of carbonyl (C=O) groups is 2. The zero-order chi connectivity index (χ0) is 13.8. The van der Waals surface area contributed by atoms with Crippen LogP contribution in [0.4, 0.5) is 0 Å². The van der Waals surface area contributed by atoms with Gasteiger partial charge in [-0.05, 0) is 29.6 Å². The van der Waals surface area contributed by atoms with Crippen molar-refractivity contribution >= 4 is 35.2 Å². The number of benzene rings is 1. The van der Waals surface area contributed by atoms with Crippen LogP contribution in [0.5, 0.6) is 5.75 Å². The molecule has 0 unspecified atom stereocenters. The Morgan fingerprint density at radius 2 is 2.21 bits per heavy atom. The molecule has 19 heavy (non-hydrogen) atoms. The minimum Gasteiger partial charge on any atom is -0.487 e. The molecule has 0 aliphatic rings. The molecule has 0 amide bonds. The second-order valence-electron chi connectivity index (χ2n) is 3.68. The number of rotatable bonds is 5. The molecule has 1 heterocycles. The fourth-order valence-corrected chi connectivity index (χ4v) is 2.49. The summed E-state index contributed by atoms with van der Waals surface area (Å²) in [6.45, 7) is 0.116. The fourth-order valence-electron chi connectivity index (χ4n) is 1.50. The maximum atomic E-state index is 10.9. The highest BCUT2D eigenvalue weighted by Crippen LogP contribution is 2.27. The zero-order valence-electron chi connectivity index (χ0n) is 9.63. The van der Waals surface area contributed by atoms with Crippen molar-refractivity contribution in [3.8, 4) is 5.75 Å². The van der Waals surface area contributed by atoms with E-state index in [4.69, 9.17) is 21.4 Å². The van der Waals surface area contributed by atoms with Crippen molar-refractivity contribution in [1.29, 1.82) is 0 Å². The molecule has 0 aliphatic heterocycles. The van der Waals surface area contributed by atoms with Crippen LogP contribution in [0.3, 0.4) is 0 Å². The zero-order valence-corrected chi connectivity index (χ0v) is 11.2. The molecule has 2 rings (SSSR count). The lowest BCUT2D eigenvalue weighted by Gasteiger charge is -2.08. The first-order chi connectivity index (χ1) is 9.11. The summed E-state index contributed by atoms with van der Waals surface area (Å²) in [6, 6.07) is 6.36. The van der Waals surface area contributed by atoms with Gasteiger partial charge in [0.15, 0.2) is 0 Å². The van der Waals surface area contributed by atoms with Crippen LogP contribution in [0.15, 0.2) is 29.6 Å². The van der Waals surface area contributed by atoms with Crippen LogP contribution in [0.2, 0.25) is 5.02 Å². The van der Waals surface area contributed by atoms with Gasteiger partial charge in [0.05, 0.1) is 5.02 Å². The monoisotopic (exact) mass is 296 g/mol. The predicted molar refractivity (Wildman–Crippen MR) is 72.4 cm³/mol. The number of ether oxygens (including phenoxy) is 1. The first-order valence-corrected chi connectivity index (χ1v) is 6.54. The van der Waals surface area contributed by atoms with Crippen molar-refractivity contribution in [1.82, 2.24) is 0 Å². The SMILES string of the molecule is O=Cc1ccc(OCc2ccsc2C(=O)O)c(Cl)c1. The van der Waals surface area contributed by atoms with Crippen molar-refractivity contribution < 1.29 is 19.4 Å². The number of carbonyl (C=O) groups excluding carboxylic acids is 1. The average molecular weight is 297 g/mol. The molecule has 0 spiro atoms. The summed E-state index contributed by atoms with van der Waals surface area (Å²) in [5.41, 5.74) is 1.05. The van der Waals surface area contributed by atoms with E-state index in [0.717, 1.165) is 11.3 Å². The number of carboxylic acids is 1. The van der Waals surface area contributed by atoms with Gasteiger partial charge in [-0.3, -0.25) is 4.79 Å². The van der Waals surface area contributed by atoms with Gasteiger partial charge >= 0.3 is 5.97 Å². The number of hydrogen-bond donors (Lipinski definition) is 1. The van der Waals surface area contributed by atoms with E-state index in [2.05, 4.69) is 0 Å². The number of halogens is 1. The number of aldehydes is 1. The smallest absolute Gasteiger partial charge is 0.346 e. The van der Waals surface area contributed by atoms with Crippen LogP contribution in [0.1, 0.15) is 25.6 Å². The second kappa shape index (κ2) is 5.86. The van der Waals surface area contributed by atoms with Gasteiger partial charge in [-0.2, -0.15) is 0 Å². The molecule has 0 saturated heterocycles. The molecule has 98 valence electrons. The van der Waals surface area contributed by atoms with E-state index < -0.39 is 5.97 Å². The number of thiophene rings is 1. The van der Waals surface area contributed by atoms with Crippen LogP contribution in [0, 0.1) is 0 Å². The fraction of sp³-hybridized carbons (Fsp3) is 0.0769. The van der Waals surface area contributed by atoms with Crippen molar-refractivity contribution in [2.45, 2.75) is 6.61 Å². The molecule has 6 heteroatoms. The first-order valence-electron chi connectivity index (χ1n) is 5.29. The van der Waals surface area contributed by atoms with E-state index >= 15 is 0 Å². The summed E-state index contributed by atoms with van der Waals surface area (Å²) in [5.74, 6) is -0.564. The molecular formula is C13H9ClO4S. The lowest BCUT2D eigenvalue weighted by molar-refractivity contribution is 0.0699. The van der Waals surface area contributed by atoms with Crippen LogP contribution < -0.4 is 4.74 Å². The molecule has 4 nitrogen and oxygen atoms in total. The predicted octanol–water partition coefficient (Wildman–Crippen LogP) is 3.49. The number of hydrogen-bond acceptors (Lipinski definition) is 4. The molecular weight excluding hydrogens is 288 g/mol. The third kappa shape index (κ3) is 3.13. The lowest BCUT2D eigenvalue weighted by Crippen LogP contribution is -2.02. The molecule has 1 aromatic heterocycles. The van der Waals surface area contributed by atoms with Crippen LogP contribution in [-0.4, -0.2) is 17.4 Å². The minimum absolute atomic E-state index is 0.116. The summed E-state index contributed by atoms with van der Waals surface area (Å²) in [7, 11) is 0. The van der Waals surface area contributed by atoms with E-state index in [9.17, 15) is 9.59 Å². The van der Waals surface area contributed by atoms with Gasteiger partial charge in [-0.1, -0.05) is 11.6 Å². The molecule has 0 saturated carbocycles. The minimum atomic E-state index is -0.976. The Morgan fingerprint density at radius 1 is 1.42 bits per heavy atom. The Bertz CT molecular complexity index is 621. The average Bonchev–Trinajstić information content (AvgIpc) is 2.85. The van der Waals surface area contributed by atoms with E-state index in [0.29, 0.717) is 28.2 Å². The molecule has 1 aromatic carbocycles. The van der Waals surface area contributed by atoms with Crippen LogP contribution in [-0.2, 0) is 6.61 Å². The van der Waals surface area contributed by atoms with Crippen molar-refractivity contribution in [3.05, 3.63) is 50.7 Å². The summed E-state index contributed by atoms with van der Waals surface area (Å²) < 4.78 is 5.47. The first kappa shape index (κ1) is 13.6. The summed E-state index contributed by atoms with van der Waals surface area (Å²) in [4.78, 5) is 21.8. The van der Waals surface area contributed by atoms with Gasteiger partial charge in [0.25, 0.3) is 0 Å². The van der Waals surface area contributed by atoms with Gasteiger partial charge in [0, 0.05) is 11.1 Å². The third-order valence-corrected chi connectivity index (χ3v) is 3.66. The number of carboxylic acid groups (broad SMARTS) is 1. The second-order valence-corrected chi connectivity index (χ2v) is 5.00. The van der Waals surface area contributed by atoms with E-state index in [1.165, 1.54) is 6.07 Å². The highest BCUT2D eigenvalue weighted by molar-refractivity contribution is 7.12. The van der Waals surface area contributed by atoms with E-state index in [1.807, 2.05) is 0 Å². The molecule has 2 aromatic rings. The highest BCUT2D eigenvalue weighted by Gasteiger charge is 2.12. The van der Waals surface area contributed by atoms with Crippen molar-refractivity contribution in [2.24, 2.45) is 0 Å². The molecule has 0 aliphatic carbocycles. The molecule has 1 N–H and O–H groups in total. The van der Waals surface area contributed by atoms with Gasteiger partial charge in [0.2, 0.25) is 0 Å². The number of aromatic carboxylic acids is 1. The Labute approximate surface area is 118 Å². The Kier molecular flexibility index (Phi) is 4.19. The molecule has 0 radical (unpaired) electrons. The standard InChI is InChI=1S/C13H9ClO4S/c14-10-5-8(6-15)1-2-11(10)18-7-9-3-4-19-12(9)13(16)17/h1-6H,7H2,(H,16,17). The quantitative estimate of drug-likeness (QED) is 0.858. The maximum absolute atomic E-state index is 10.9. The largest absolute Gasteiger partial charge is 0.487 e. The van der Waals surface area contributed by atoms with Gasteiger partial charge in [-0.15, -0.1) is 11.3 Å². The Morgan fingerprint density at radius 3 is 2.84 bits per heavy atom.